The first-order chi connectivity index (χ1) is 10.9. The molecule has 6 heteroatoms. The highest BCUT2D eigenvalue weighted by atomic mass is 16.5. The van der Waals surface area contributed by atoms with E-state index in [-0.39, 0.29) is 30.9 Å². The summed E-state index contributed by atoms with van der Waals surface area (Å²) in [6.07, 6.45) is 0. The molecule has 1 saturated heterocycles. The number of carbonyl (C=O) groups is 3. The summed E-state index contributed by atoms with van der Waals surface area (Å²) in [5.74, 6) is -1.74. The highest BCUT2D eigenvalue weighted by Crippen LogP contribution is 2.24. The second-order valence-corrected chi connectivity index (χ2v) is 6.13. The van der Waals surface area contributed by atoms with E-state index >= 15 is 0 Å². The average Bonchev–Trinajstić information content (AvgIpc) is 2.52. The molecule has 2 rings (SSSR count). The molecule has 1 aromatic rings. The molecule has 0 bridgehead atoms. The number of rotatable bonds is 5. The Morgan fingerprint density at radius 2 is 1.87 bits per heavy atom. The number of likely N-dealkylation sites (N-methyl/N-ethyl adjacent to an activating group) is 1. The summed E-state index contributed by atoms with van der Waals surface area (Å²) in [5, 5.41) is 0. The van der Waals surface area contributed by atoms with Gasteiger partial charge in [-0.2, -0.15) is 0 Å². The Morgan fingerprint density at radius 1 is 1.22 bits per heavy atom. The zero-order chi connectivity index (χ0) is 17.0. The second kappa shape index (κ2) is 7.26. The molecular formula is C17H22N2O4. The third-order valence-electron chi connectivity index (χ3n) is 3.60. The predicted octanol–water partition coefficient (Wildman–Crippen LogP) is 1.23. The van der Waals surface area contributed by atoms with Crippen molar-refractivity contribution in [2.75, 3.05) is 26.9 Å². The van der Waals surface area contributed by atoms with Crippen LogP contribution in [0.4, 0.5) is 0 Å². The van der Waals surface area contributed by atoms with E-state index in [1.807, 2.05) is 19.9 Å². The maximum atomic E-state index is 12.6. The van der Waals surface area contributed by atoms with E-state index in [1.54, 1.807) is 31.3 Å². The highest BCUT2D eigenvalue weighted by molar-refractivity contribution is 6.07. The maximum absolute atomic E-state index is 12.6. The van der Waals surface area contributed by atoms with Crippen molar-refractivity contribution in [3.05, 3.63) is 35.9 Å². The van der Waals surface area contributed by atoms with Gasteiger partial charge in [-0.3, -0.25) is 14.4 Å². The Balaban J connectivity index is 2.11. The van der Waals surface area contributed by atoms with Crippen molar-refractivity contribution in [1.82, 2.24) is 9.80 Å². The van der Waals surface area contributed by atoms with Crippen molar-refractivity contribution < 1.29 is 19.1 Å². The van der Waals surface area contributed by atoms with Crippen LogP contribution in [0, 0.1) is 5.92 Å². The predicted molar refractivity (Wildman–Crippen MR) is 84.3 cm³/mol. The van der Waals surface area contributed by atoms with E-state index in [2.05, 4.69) is 0 Å². The molecule has 1 aromatic carbocycles. The molecule has 124 valence electrons. The number of esters is 1. The van der Waals surface area contributed by atoms with Crippen LogP contribution in [0.5, 0.6) is 0 Å². The lowest BCUT2D eigenvalue weighted by Crippen LogP contribution is -2.55. The summed E-state index contributed by atoms with van der Waals surface area (Å²) < 4.78 is 5.12. The van der Waals surface area contributed by atoms with Crippen LogP contribution in [0.25, 0.3) is 0 Å². The fraction of sp³-hybridized carbons (Fsp3) is 0.471. The van der Waals surface area contributed by atoms with E-state index in [9.17, 15) is 14.4 Å². The van der Waals surface area contributed by atoms with Crippen molar-refractivity contribution in [2.24, 2.45) is 5.92 Å². The normalized spacial score (nSPS) is 18.5. The van der Waals surface area contributed by atoms with Crippen molar-refractivity contribution >= 4 is 17.8 Å². The van der Waals surface area contributed by atoms with Gasteiger partial charge in [0.2, 0.25) is 11.8 Å². The quantitative estimate of drug-likeness (QED) is 0.605. The molecule has 1 fully saturated rings. The van der Waals surface area contributed by atoms with Crippen molar-refractivity contribution in [2.45, 2.75) is 19.8 Å². The van der Waals surface area contributed by atoms with Gasteiger partial charge in [-0.25, -0.2) is 0 Å². The fourth-order valence-corrected chi connectivity index (χ4v) is 2.42. The molecule has 1 unspecified atom stereocenters. The molecule has 0 spiro atoms. The lowest BCUT2D eigenvalue weighted by Gasteiger charge is -2.37. The van der Waals surface area contributed by atoms with E-state index < -0.39 is 11.9 Å². The molecule has 1 heterocycles. The van der Waals surface area contributed by atoms with Crippen LogP contribution in [0.15, 0.2) is 30.3 Å². The molecule has 0 aliphatic carbocycles. The third kappa shape index (κ3) is 4.09. The minimum Gasteiger partial charge on any atom is -0.464 e. The number of hydrogen-bond acceptors (Lipinski definition) is 4. The van der Waals surface area contributed by atoms with E-state index in [0.29, 0.717) is 12.2 Å². The minimum absolute atomic E-state index is 0.0950. The number of nitrogens with zero attached hydrogens (tertiary/aromatic N) is 2. The zero-order valence-electron chi connectivity index (χ0n) is 13.7. The SMILES string of the molecule is CC(C)COC(=O)CN1CN(C)C(=O)C(c2ccccc2)C1=O. The molecule has 23 heavy (non-hydrogen) atoms. The van der Waals surface area contributed by atoms with Gasteiger partial charge < -0.3 is 14.5 Å². The Bertz CT molecular complexity index is 586. The Kier molecular flexibility index (Phi) is 5.36. The van der Waals surface area contributed by atoms with Gasteiger partial charge in [0.25, 0.3) is 0 Å². The topological polar surface area (TPSA) is 66.9 Å². The fourth-order valence-electron chi connectivity index (χ4n) is 2.42. The van der Waals surface area contributed by atoms with Crippen LogP contribution in [-0.2, 0) is 19.1 Å². The van der Waals surface area contributed by atoms with Crippen LogP contribution in [0.3, 0.4) is 0 Å². The van der Waals surface area contributed by atoms with Crippen molar-refractivity contribution in [3.63, 3.8) is 0 Å². The Morgan fingerprint density at radius 3 is 2.48 bits per heavy atom. The molecule has 2 amide bonds. The maximum Gasteiger partial charge on any atom is 0.325 e. The molecular weight excluding hydrogens is 296 g/mol. The first-order valence-corrected chi connectivity index (χ1v) is 7.64. The Labute approximate surface area is 136 Å². The van der Waals surface area contributed by atoms with Crippen LogP contribution in [0.2, 0.25) is 0 Å². The first kappa shape index (κ1) is 17.0. The summed E-state index contributed by atoms with van der Waals surface area (Å²) in [7, 11) is 1.62. The lowest BCUT2D eigenvalue weighted by atomic mass is 9.94. The third-order valence-corrected chi connectivity index (χ3v) is 3.60. The molecule has 6 nitrogen and oxygen atoms in total. The smallest absolute Gasteiger partial charge is 0.325 e. The number of benzene rings is 1. The van der Waals surface area contributed by atoms with Gasteiger partial charge in [0, 0.05) is 7.05 Å². The van der Waals surface area contributed by atoms with Gasteiger partial charge in [0.05, 0.1) is 13.3 Å². The largest absolute Gasteiger partial charge is 0.464 e. The van der Waals surface area contributed by atoms with E-state index in [0.717, 1.165) is 0 Å². The van der Waals surface area contributed by atoms with Gasteiger partial charge in [-0.15, -0.1) is 0 Å². The molecule has 1 atom stereocenters. The summed E-state index contributed by atoms with van der Waals surface area (Å²) in [6.45, 7) is 4.15. The Hall–Kier alpha value is -2.37. The molecule has 1 aliphatic rings. The van der Waals surface area contributed by atoms with E-state index in [1.165, 1.54) is 9.80 Å². The first-order valence-electron chi connectivity index (χ1n) is 7.64. The van der Waals surface area contributed by atoms with Crippen LogP contribution >= 0.6 is 0 Å². The van der Waals surface area contributed by atoms with Crippen LogP contribution < -0.4 is 0 Å². The molecule has 0 saturated carbocycles. The van der Waals surface area contributed by atoms with Crippen molar-refractivity contribution in [3.8, 4) is 0 Å². The average molecular weight is 318 g/mol. The van der Waals surface area contributed by atoms with E-state index in [4.69, 9.17) is 4.74 Å². The highest BCUT2D eigenvalue weighted by Gasteiger charge is 2.40. The van der Waals surface area contributed by atoms with Crippen LogP contribution in [0.1, 0.15) is 25.3 Å². The number of carbonyl (C=O) groups excluding carboxylic acids is 3. The summed E-state index contributed by atoms with van der Waals surface area (Å²) in [5.41, 5.74) is 0.634. The standard InChI is InChI=1S/C17H22N2O4/c1-12(2)10-23-14(20)9-19-11-18(3)16(21)15(17(19)22)13-7-5-4-6-8-13/h4-8,12,15H,9-11H2,1-3H3. The van der Waals surface area contributed by atoms with Gasteiger partial charge >= 0.3 is 5.97 Å². The van der Waals surface area contributed by atoms with Crippen LogP contribution in [-0.4, -0.2) is 54.5 Å². The summed E-state index contributed by atoms with van der Waals surface area (Å²) in [6, 6.07) is 8.88. The molecule has 0 aromatic heterocycles. The van der Waals surface area contributed by atoms with Crippen molar-refractivity contribution in [1.29, 1.82) is 0 Å². The zero-order valence-corrected chi connectivity index (χ0v) is 13.7. The van der Waals surface area contributed by atoms with Gasteiger partial charge in [0.1, 0.15) is 12.5 Å². The van der Waals surface area contributed by atoms with Gasteiger partial charge in [-0.1, -0.05) is 44.2 Å². The second-order valence-electron chi connectivity index (χ2n) is 6.13. The summed E-state index contributed by atoms with van der Waals surface area (Å²) in [4.78, 5) is 39.7. The summed E-state index contributed by atoms with van der Waals surface area (Å²) >= 11 is 0. The van der Waals surface area contributed by atoms with Gasteiger partial charge in [-0.05, 0) is 11.5 Å². The number of amides is 2. The molecule has 0 N–H and O–H groups in total. The van der Waals surface area contributed by atoms with Gasteiger partial charge in [0.15, 0.2) is 0 Å². The monoisotopic (exact) mass is 318 g/mol. The number of ether oxygens (including phenoxy) is 1. The minimum atomic E-state index is -0.896. The lowest BCUT2D eigenvalue weighted by molar-refractivity contribution is -0.160. The molecule has 1 aliphatic heterocycles. The molecule has 0 radical (unpaired) electrons. The number of hydrogen-bond donors (Lipinski definition) is 0.